The summed E-state index contributed by atoms with van der Waals surface area (Å²) in [5, 5.41) is 10.9. The Hall–Kier alpha value is -3.15. The van der Waals surface area contributed by atoms with E-state index in [1.54, 1.807) is 0 Å². The van der Waals surface area contributed by atoms with E-state index in [1.165, 1.54) is 27.4 Å². The molecule has 0 bridgehead atoms. The summed E-state index contributed by atoms with van der Waals surface area (Å²) in [6, 6.07) is 10.6. The van der Waals surface area contributed by atoms with Crippen molar-refractivity contribution in [1.82, 2.24) is 0 Å². The predicted molar refractivity (Wildman–Crippen MR) is 89.2 cm³/mol. The van der Waals surface area contributed by atoms with Gasteiger partial charge in [0.25, 0.3) is 0 Å². The van der Waals surface area contributed by atoms with Crippen LogP contribution in [0.4, 0.5) is 0 Å². The smallest absolute Gasteiger partial charge is 0.336 e. The molecule has 24 heavy (non-hydrogen) atoms. The molecule has 1 aromatic heterocycles. The molecule has 2 aromatic carbocycles. The molecular formula is C18H16O6. The number of phenolic OH excluding ortho intramolecular Hbond substituents is 1. The van der Waals surface area contributed by atoms with Crippen molar-refractivity contribution < 1.29 is 23.7 Å². The Balaban J connectivity index is 2.56. The van der Waals surface area contributed by atoms with E-state index in [0.29, 0.717) is 10.9 Å². The van der Waals surface area contributed by atoms with Crippen molar-refractivity contribution in [2.75, 3.05) is 21.3 Å². The number of benzene rings is 2. The first-order chi connectivity index (χ1) is 11.6. The van der Waals surface area contributed by atoms with Gasteiger partial charge >= 0.3 is 5.63 Å². The minimum absolute atomic E-state index is 0.0372. The second-order valence-corrected chi connectivity index (χ2v) is 5.00. The van der Waals surface area contributed by atoms with E-state index in [9.17, 15) is 9.90 Å². The minimum Gasteiger partial charge on any atom is -0.502 e. The zero-order valence-corrected chi connectivity index (χ0v) is 13.5. The average Bonchev–Trinajstić information content (AvgIpc) is 2.61. The summed E-state index contributed by atoms with van der Waals surface area (Å²) in [6.07, 6.45) is 0. The summed E-state index contributed by atoms with van der Waals surface area (Å²) in [5.74, 6) is 0.0801. The lowest BCUT2D eigenvalue weighted by Gasteiger charge is -2.17. The predicted octanol–water partition coefficient (Wildman–Crippen LogP) is 3.19. The van der Waals surface area contributed by atoms with Crippen LogP contribution in [0.2, 0.25) is 0 Å². The first kappa shape index (κ1) is 15.7. The van der Waals surface area contributed by atoms with Gasteiger partial charge in [-0.25, -0.2) is 4.79 Å². The summed E-state index contributed by atoms with van der Waals surface area (Å²) < 4.78 is 21.2. The van der Waals surface area contributed by atoms with Crippen LogP contribution >= 0.6 is 0 Å². The van der Waals surface area contributed by atoms with Crippen LogP contribution < -0.4 is 19.8 Å². The van der Waals surface area contributed by atoms with Crippen LogP contribution in [0.3, 0.4) is 0 Å². The zero-order valence-electron chi connectivity index (χ0n) is 13.5. The molecular weight excluding hydrogens is 312 g/mol. The molecule has 0 radical (unpaired) electrons. The van der Waals surface area contributed by atoms with Crippen LogP contribution in [0.15, 0.2) is 45.6 Å². The molecule has 1 heterocycles. The second kappa shape index (κ2) is 6.16. The summed E-state index contributed by atoms with van der Waals surface area (Å²) in [7, 11) is 4.20. The van der Waals surface area contributed by atoms with Crippen molar-refractivity contribution in [3.63, 3.8) is 0 Å². The van der Waals surface area contributed by atoms with E-state index >= 15 is 0 Å². The first-order valence-electron chi connectivity index (χ1n) is 7.16. The normalized spacial score (nSPS) is 10.6. The monoisotopic (exact) mass is 328 g/mol. The van der Waals surface area contributed by atoms with Crippen LogP contribution in [0.1, 0.15) is 0 Å². The Labute approximate surface area is 137 Å². The van der Waals surface area contributed by atoms with Crippen LogP contribution in [-0.4, -0.2) is 26.4 Å². The van der Waals surface area contributed by atoms with Crippen molar-refractivity contribution in [2.24, 2.45) is 0 Å². The van der Waals surface area contributed by atoms with E-state index < -0.39 is 5.63 Å². The van der Waals surface area contributed by atoms with Gasteiger partial charge in [-0.1, -0.05) is 30.3 Å². The highest BCUT2D eigenvalue weighted by Crippen LogP contribution is 2.52. The fourth-order valence-electron chi connectivity index (χ4n) is 2.73. The third-order valence-corrected chi connectivity index (χ3v) is 3.73. The van der Waals surface area contributed by atoms with Gasteiger partial charge in [0, 0.05) is 11.6 Å². The molecule has 0 aliphatic carbocycles. The first-order valence-corrected chi connectivity index (χ1v) is 7.16. The van der Waals surface area contributed by atoms with E-state index in [-0.39, 0.29) is 28.6 Å². The van der Waals surface area contributed by atoms with Crippen LogP contribution in [0, 0.1) is 0 Å². The molecule has 0 saturated carbocycles. The Morgan fingerprint density at radius 2 is 1.54 bits per heavy atom. The minimum atomic E-state index is -0.547. The molecule has 0 amide bonds. The lowest BCUT2D eigenvalue weighted by atomic mass is 10.00. The van der Waals surface area contributed by atoms with Crippen molar-refractivity contribution in [1.29, 1.82) is 0 Å². The van der Waals surface area contributed by atoms with E-state index in [1.807, 2.05) is 30.3 Å². The SMILES string of the molecule is COc1c(O)c(OC)c2c(-c3ccccc3)cc(=O)oc2c1OC. The summed E-state index contributed by atoms with van der Waals surface area (Å²) >= 11 is 0. The Morgan fingerprint density at radius 1 is 0.917 bits per heavy atom. The van der Waals surface area contributed by atoms with Gasteiger partial charge in [0.2, 0.25) is 17.2 Å². The number of aromatic hydroxyl groups is 1. The highest BCUT2D eigenvalue weighted by atomic mass is 16.5. The molecule has 0 atom stereocenters. The van der Waals surface area contributed by atoms with E-state index in [2.05, 4.69) is 0 Å². The fourth-order valence-corrected chi connectivity index (χ4v) is 2.73. The van der Waals surface area contributed by atoms with Crippen LogP contribution in [-0.2, 0) is 0 Å². The number of ether oxygens (including phenoxy) is 3. The maximum Gasteiger partial charge on any atom is 0.336 e. The highest BCUT2D eigenvalue weighted by Gasteiger charge is 2.26. The van der Waals surface area contributed by atoms with Gasteiger partial charge in [0.05, 0.1) is 26.7 Å². The summed E-state index contributed by atoms with van der Waals surface area (Å²) in [6.45, 7) is 0. The number of rotatable bonds is 4. The fraction of sp³-hybridized carbons (Fsp3) is 0.167. The number of phenols is 1. The number of methoxy groups -OCH3 is 3. The van der Waals surface area contributed by atoms with Gasteiger partial charge in [0.15, 0.2) is 11.3 Å². The Kier molecular flexibility index (Phi) is 4.04. The lowest BCUT2D eigenvalue weighted by Crippen LogP contribution is -2.03. The third kappa shape index (κ3) is 2.32. The summed E-state index contributed by atoms with van der Waals surface area (Å²) in [4.78, 5) is 12.1. The van der Waals surface area contributed by atoms with Crippen molar-refractivity contribution in [3.8, 4) is 34.1 Å². The topological polar surface area (TPSA) is 78.1 Å². The average molecular weight is 328 g/mol. The lowest BCUT2D eigenvalue weighted by molar-refractivity contribution is 0.316. The molecule has 1 N–H and O–H groups in total. The van der Waals surface area contributed by atoms with Crippen LogP contribution in [0.5, 0.6) is 23.0 Å². The number of hydrogen-bond donors (Lipinski definition) is 1. The molecule has 6 heteroatoms. The van der Waals surface area contributed by atoms with Crippen molar-refractivity contribution >= 4 is 11.0 Å². The maximum atomic E-state index is 12.1. The molecule has 6 nitrogen and oxygen atoms in total. The molecule has 0 unspecified atom stereocenters. The van der Waals surface area contributed by atoms with Gasteiger partial charge in [-0.2, -0.15) is 0 Å². The van der Waals surface area contributed by atoms with Gasteiger partial charge in [-0.05, 0) is 5.56 Å². The Morgan fingerprint density at radius 3 is 2.12 bits per heavy atom. The second-order valence-electron chi connectivity index (χ2n) is 5.00. The van der Waals surface area contributed by atoms with E-state index in [4.69, 9.17) is 18.6 Å². The highest BCUT2D eigenvalue weighted by molar-refractivity contribution is 6.04. The van der Waals surface area contributed by atoms with Gasteiger partial charge in [-0.3, -0.25) is 0 Å². The van der Waals surface area contributed by atoms with Crippen LogP contribution in [0.25, 0.3) is 22.1 Å². The largest absolute Gasteiger partial charge is 0.502 e. The molecule has 0 spiro atoms. The van der Waals surface area contributed by atoms with Gasteiger partial charge in [-0.15, -0.1) is 0 Å². The molecule has 3 aromatic rings. The van der Waals surface area contributed by atoms with Gasteiger partial charge < -0.3 is 23.7 Å². The van der Waals surface area contributed by atoms with Gasteiger partial charge in [0.1, 0.15) is 0 Å². The molecule has 0 fully saturated rings. The van der Waals surface area contributed by atoms with E-state index in [0.717, 1.165) is 5.56 Å². The number of fused-ring (bicyclic) bond motifs is 1. The molecule has 124 valence electrons. The zero-order chi connectivity index (χ0) is 17.3. The molecule has 0 saturated heterocycles. The standard InChI is InChI=1S/C18H16O6/c1-21-15-13-11(10-7-5-4-6-8-10)9-12(19)24-16(13)18(23-3)17(22-2)14(15)20/h4-9,20H,1-3H3. The Bertz CT molecular complexity index is 943. The third-order valence-electron chi connectivity index (χ3n) is 3.73. The van der Waals surface area contributed by atoms with Crippen molar-refractivity contribution in [2.45, 2.75) is 0 Å². The number of hydrogen-bond acceptors (Lipinski definition) is 6. The maximum absolute atomic E-state index is 12.1. The molecule has 3 rings (SSSR count). The quantitative estimate of drug-likeness (QED) is 0.741. The summed E-state index contributed by atoms with van der Waals surface area (Å²) in [5.41, 5.74) is 0.945. The molecule has 0 aliphatic heterocycles. The molecule has 0 aliphatic rings. The van der Waals surface area contributed by atoms with Crippen molar-refractivity contribution in [3.05, 3.63) is 46.8 Å².